The maximum Gasteiger partial charge on any atom is 0.324 e. The number of hydrogen-bond acceptors (Lipinski definition) is 4. The smallest absolute Gasteiger partial charge is 0.324 e. The molecule has 0 aliphatic heterocycles. The van der Waals surface area contributed by atoms with Crippen LogP contribution in [0.5, 0.6) is 0 Å². The molecule has 39 heavy (non-hydrogen) atoms. The standard InChI is InChI=1S/C35H32N2O2/c38-35(39-27-31-16-8-3-9-17-31)34(24-28-19-21-32(22-20-28)33-18-10-11-23-36-33)37(25-29-12-4-1-5-13-29)26-30-14-6-2-7-15-30/h1-23,34H,24-27H2/t34-/m0/s1. The Bertz CT molecular complexity index is 1380. The maximum absolute atomic E-state index is 13.8. The predicted octanol–water partition coefficient (Wildman–Crippen LogP) is 7.11. The van der Waals surface area contributed by atoms with E-state index in [9.17, 15) is 4.79 Å². The number of hydrogen-bond donors (Lipinski definition) is 0. The maximum atomic E-state index is 13.8. The van der Waals surface area contributed by atoms with Crippen LogP contribution in [-0.2, 0) is 35.6 Å². The van der Waals surface area contributed by atoms with Crippen molar-refractivity contribution >= 4 is 5.97 Å². The molecule has 1 heterocycles. The molecule has 1 aromatic heterocycles. The molecule has 0 radical (unpaired) electrons. The summed E-state index contributed by atoms with van der Waals surface area (Å²) in [4.78, 5) is 20.4. The van der Waals surface area contributed by atoms with Gasteiger partial charge >= 0.3 is 5.97 Å². The number of carbonyl (C=O) groups is 1. The Hall–Kier alpha value is -4.54. The molecule has 1 atom stereocenters. The summed E-state index contributed by atoms with van der Waals surface area (Å²) in [5.41, 5.74) is 6.33. The molecule has 5 aromatic rings. The van der Waals surface area contributed by atoms with E-state index in [0.29, 0.717) is 19.5 Å². The number of ether oxygens (including phenoxy) is 1. The first kappa shape index (κ1) is 26.1. The fourth-order valence-electron chi connectivity index (χ4n) is 4.67. The number of esters is 1. The molecule has 0 amide bonds. The van der Waals surface area contributed by atoms with Crippen molar-refractivity contribution in [2.75, 3.05) is 0 Å². The Labute approximate surface area is 230 Å². The van der Waals surface area contributed by atoms with Gasteiger partial charge in [0.15, 0.2) is 0 Å². The number of carbonyl (C=O) groups excluding carboxylic acids is 1. The average Bonchev–Trinajstić information content (AvgIpc) is 3.01. The zero-order valence-corrected chi connectivity index (χ0v) is 21.9. The van der Waals surface area contributed by atoms with Crippen molar-refractivity contribution in [3.8, 4) is 11.3 Å². The molecule has 4 nitrogen and oxygen atoms in total. The second-order valence-corrected chi connectivity index (χ2v) is 9.60. The highest BCUT2D eigenvalue weighted by Gasteiger charge is 2.28. The van der Waals surface area contributed by atoms with Crippen LogP contribution in [0.1, 0.15) is 22.3 Å². The average molecular weight is 513 g/mol. The molecule has 4 aromatic carbocycles. The molecule has 0 N–H and O–H groups in total. The van der Waals surface area contributed by atoms with Gasteiger partial charge in [-0.3, -0.25) is 14.7 Å². The minimum atomic E-state index is -0.463. The van der Waals surface area contributed by atoms with Crippen LogP contribution in [0.15, 0.2) is 140 Å². The molecule has 4 heteroatoms. The van der Waals surface area contributed by atoms with Crippen LogP contribution >= 0.6 is 0 Å². The van der Waals surface area contributed by atoms with Gasteiger partial charge in [0.05, 0.1) is 5.69 Å². The third kappa shape index (κ3) is 7.50. The highest BCUT2D eigenvalue weighted by Crippen LogP contribution is 2.22. The van der Waals surface area contributed by atoms with Gasteiger partial charge < -0.3 is 4.74 Å². The van der Waals surface area contributed by atoms with Crippen LogP contribution in [0, 0.1) is 0 Å². The van der Waals surface area contributed by atoms with Crippen molar-refractivity contribution in [3.05, 3.63) is 162 Å². The second-order valence-electron chi connectivity index (χ2n) is 9.60. The van der Waals surface area contributed by atoms with Crippen molar-refractivity contribution in [2.24, 2.45) is 0 Å². The fourth-order valence-corrected chi connectivity index (χ4v) is 4.67. The summed E-state index contributed by atoms with van der Waals surface area (Å²) < 4.78 is 5.92. The van der Waals surface area contributed by atoms with Gasteiger partial charge in [0.2, 0.25) is 0 Å². The lowest BCUT2D eigenvalue weighted by atomic mass is 10.0. The first-order chi connectivity index (χ1) is 19.2. The normalized spacial score (nSPS) is 11.7. The quantitative estimate of drug-likeness (QED) is 0.177. The molecule has 0 spiro atoms. The molecular formula is C35H32N2O2. The van der Waals surface area contributed by atoms with E-state index in [4.69, 9.17) is 4.74 Å². The van der Waals surface area contributed by atoms with Crippen LogP contribution < -0.4 is 0 Å². The van der Waals surface area contributed by atoms with Gasteiger partial charge in [-0.05, 0) is 40.8 Å². The molecular weight excluding hydrogens is 480 g/mol. The largest absolute Gasteiger partial charge is 0.460 e. The molecule has 0 saturated heterocycles. The zero-order valence-electron chi connectivity index (χ0n) is 21.9. The summed E-state index contributed by atoms with van der Waals surface area (Å²) >= 11 is 0. The van der Waals surface area contributed by atoms with Gasteiger partial charge in [0.25, 0.3) is 0 Å². The van der Waals surface area contributed by atoms with E-state index in [-0.39, 0.29) is 12.6 Å². The van der Waals surface area contributed by atoms with Gasteiger partial charge in [-0.2, -0.15) is 0 Å². The third-order valence-corrected chi connectivity index (χ3v) is 6.74. The highest BCUT2D eigenvalue weighted by molar-refractivity contribution is 5.76. The van der Waals surface area contributed by atoms with E-state index in [2.05, 4.69) is 58.4 Å². The Morgan fingerprint density at radius 3 is 1.69 bits per heavy atom. The first-order valence-electron chi connectivity index (χ1n) is 13.3. The van der Waals surface area contributed by atoms with Crippen LogP contribution in [0.4, 0.5) is 0 Å². The number of rotatable bonds is 11. The zero-order chi connectivity index (χ0) is 26.7. The Balaban J connectivity index is 1.43. The van der Waals surface area contributed by atoms with Crippen molar-refractivity contribution in [1.82, 2.24) is 9.88 Å². The van der Waals surface area contributed by atoms with Crippen molar-refractivity contribution < 1.29 is 9.53 Å². The SMILES string of the molecule is O=C(OCc1ccccc1)[C@H](Cc1ccc(-c2ccccn2)cc1)N(Cc1ccccc1)Cc1ccccc1. The minimum Gasteiger partial charge on any atom is -0.460 e. The first-order valence-corrected chi connectivity index (χ1v) is 13.3. The van der Waals surface area contributed by atoms with Gasteiger partial charge in [-0.15, -0.1) is 0 Å². The molecule has 5 rings (SSSR count). The summed E-state index contributed by atoms with van der Waals surface area (Å²) in [5, 5.41) is 0. The third-order valence-electron chi connectivity index (χ3n) is 6.74. The predicted molar refractivity (Wildman–Crippen MR) is 156 cm³/mol. The molecule has 0 unspecified atom stereocenters. The highest BCUT2D eigenvalue weighted by atomic mass is 16.5. The molecule has 194 valence electrons. The number of benzene rings is 4. The summed E-state index contributed by atoms with van der Waals surface area (Å²) in [5.74, 6) is -0.223. The summed E-state index contributed by atoms with van der Waals surface area (Å²) in [6, 6.07) is 44.2. The van der Waals surface area contributed by atoms with Crippen LogP contribution in [0.25, 0.3) is 11.3 Å². The van der Waals surface area contributed by atoms with Crippen molar-refractivity contribution in [1.29, 1.82) is 0 Å². The molecule has 0 bridgehead atoms. The Morgan fingerprint density at radius 2 is 1.15 bits per heavy atom. The van der Waals surface area contributed by atoms with Crippen molar-refractivity contribution in [3.63, 3.8) is 0 Å². The fraction of sp³-hybridized carbons (Fsp3) is 0.143. The lowest BCUT2D eigenvalue weighted by molar-refractivity contribution is -0.152. The molecule has 0 fully saturated rings. The summed E-state index contributed by atoms with van der Waals surface area (Å²) in [7, 11) is 0. The van der Waals surface area contributed by atoms with E-state index in [1.807, 2.05) is 84.9 Å². The molecule has 0 aliphatic carbocycles. The summed E-state index contributed by atoms with van der Waals surface area (Å²) in [6.45, 7) is 1.51. The van der Waals surface area contributed by atoms with Crippen molar-refractivity contribution in [2.45, 2.75) is 32.2 Å². The van der Waals surface area contributed by atoms with Gasteiger partial charge in [0, 0.05) is 24.8 Å². The van der Waals surface area contributed by atoms with E-state index in [1.165, 1.54) is 0 Å². The van der Waals surface area contributed by atoms with Crippen LogP contribution in [0.2, 0.25) is 0 Å². The molecule has 0 aliphatic rings. The second kappa shape index (κ2) is 13.3. The number of aromatic nitrogens is 1. The lowest BCUT2D eigenvalue weighted by Crippen LogP contribution is -2.43. The lowest BCUT2D eigenvalue weighted by Gasteiger charge is -2.31. The van der Waals surface area contributed by atoms with E-state index >= 15 is 0 Å². The summed E-state index contributed by atoms with van der Waals surface area (Å²) in [6.07, 6.45) is 2.34. The topological polar surface area (TPSA) is 42.4 Å². The Kier molecular flexibility index (Phi) is 8.90. The number of nitrogens with zero attached hydrogens (tertiary/aromatic N) is 2. The Morgan fingerprint density at radius 1 is 0.615 bits per heavy atom. The van der Waals surface area contributed by atoms with Gasteiger partial charge in [-0.1, -0.05) is 121 Å². The minimum absolute atomic E-state index is 0.223. The van der Waals surface area contributed by atoms with E-state index in [0.717, 1.165) is 33.5 Å². The molecule has 0 saturated carbocycles. The van der Waals surface area contributed by atoms with Crippen LogP contribution in [0.3, 0.4) is 0 Å². The van der Waals surface area contributed by atoms with Gasteiger partial charge in [0.1, 0.15) is 12.6 Å². The van der Waals surface area contributed by atoms with Gasteiger partial charge in [-0.25, -0.2) is 0 Å². The monoisotopic (exact) mass is 512 g/mol. The van der Waals surface area contributed by atoms with E-state index < -0.39 is 6.04 Å². The van der Waals surface area contributed by atoms with E-state index in [1.54, 1.807) is 6.20 Å². The van der Waals surface area contributed by atoms with Crippen LogP contribution in [-0.4, -0.2) is 21.9 Å². The number of pyridine rings is 1.